The summed E-state index contributed by atoms with van der Waals surface area (Å²) in [5, 5.41) is 0. The zero-order valence-electron chi connectivity index (χ0n) is 13.2. The molecule has 0 aromatic heterocycles. The Bertz CT molecular complexity index is 674. The Labute approximate surface area is 137 Å². The van der Waals surface area contributed by atoms with Crippen molar-refractivity contribution in [1.82, 2.24) is 9.21 Å². The van der Waals surface area contributed by atoms with Gasteiger partial charge in [-0.05, 0) is 56.5 Å². The van der Waals surface area contributed by atoms with Crippen LogP contribution in [0.2, 0.25) is 0 Å². The Kier molecular flexibility index (Phi) is 4.58. The molecule has 4 nitrogen and oxygen atoms in total. The van der Waals surface area contributed by atoms with Crippen molar-refractivity contribution in [1.29, 1.82) is 0 Å². The smallest absolute Gasteiger partial charge is 0.243 e. The summed E-state index contributed by atoms with van der Waals surface area (Å²) in [4.78, 5) is 2.54. The van der Waals surface area contributed by atoms with E-state index in [1.165, 1.54) is 24.3 Å². The van der Waals surface area contributed by atoms with Gasteiger partial charge in [0.05, 0.1) is 4.90 Å². The average molecular weight is 338 g/mol. The van der Waals surface area contributed by atoms with Crippen LogP contribution in [0.1, 0.15) is 25.7 Å². The van der Waals surface area contributed by atoms with Crippen molar-refractivity contribution in [3.63, 3.8) is 0 Å². The van der Waals surface area contributed by atoms with Gasteiger partial charge >= 0.3 is 0 Å². The Hall–Kier alpha value is -1.24. The van der Waals surface area contributed by atoms with Gasteiger partial charge in [0, 0.05) is 25.2 Å². The number of halogens is 1. The van der Waals surface area contributed by atoms with Crippen molar-refractivity contribution in [2.24, 2.45) is 0 Å². The van der Waals surface area contributed by atoms with Crippen molar-refractivity contribution in [3.8, 4) is 0 Å². The number of hydrogen-bond acceptors (Lipinski definition) is 3. The van der Waals surface area contributed by atoms with Crippen LogP contribution in [0, 0.1) is 5.82 Å². The van der Waals surface area contributed by atoms with E-state index in [0.717, 1.165) is 38.8 Å². The number of benzene rings is 1. The Morgan fingerprint density at radius 2 is 1.83 bits per heavy atom. The van der Waals surface area contributed by atoms with Crippen molar-refractivity contribution < 1.29 is 12.8 Å². The van der Waals surface area contributed by atoms with Crippen LogP contribution in [0.15, 0.2) is 41.8 Å². The molecule has 2 aliphatic heterocycles. The van der Waals surface area contributed by atoms with Crippen molar-refractivity contribution >= 4 is 10.0 Å². The molecule has 2 aliphatic rings. The second-order valence-corrected chi connectivity index (χ2v) is 8.40. The number of hydrogen-bond donors (Lipinski definition) is 0. The topological polar surface area (TPSA) is 40.6 Å². The highest BCUT2D eigenvalue weighted by Crippen LogP contribution is 2.38. The van der Waals surface area contributed by atoms with E-state index in [0.29, 0.717) is 13.1 Å². The quantitative estimate of drug-likeness (QED) is 0.793. The summed E-state index contributed by atoms with van der Waals surface area (Å²) in [6.07, 6.45) is 5.89. The second-order valence-electron chi connectivity index (χ2n) is 6.46. The zero-order chi connectivity index (χ0) is 16.5. The molecule has 1 aromatic rings. The van der Waals surface area contributed by atoms with Gasteiger partial charge < -0.3 is 0 Å². The molecule has 1 spiro atoms. The molecule has 0 aliphatic carbocycles. The molecule has 0 N–H and O–H groups in total. The number of sulfonamides is 1. The molecule has 0 radical (unpaired) electrons. The van der Waals surface area contributed by atoms with E-state index in [2.05, 4.69) is 11.5 Å². The Morgan fingerprint density at radius 1 is 1.17 bits per heavy atom. The average Bonchev–Trinajstić information content (AvgIpc) is 2.90. The van der Waals surface area contributed by atoms with Crippen LogP contribution in [0.4, 0.5) is 4.39 Å². The normalized spacial score (nSPS) is 26.7. The number of nitrogens with zero attached hydrogens (tertiary/aromatic N) is 2. The fraction of sp³-hybridized carbons (Fsp3) is 0.529. The second kappa shape index (κ2) is 6.34. The van der Waals surface area contributed by atoms with Gasteiger partial charge in [0.25, 0.3) is 0 Å². The zero-order valence-corrected chi connectivity index (χ0v) is 14.1. The van der Waals surface area contributed by atoms with Crippen LogP contribution in [0.5, 0.6) is 0 Å². The first-order valence-electron chi connectivity index (χ1n) is 8.10. The van der Waals surface area contributed by atoms with Crippen LogP contribution < -0.4 is 0 Å². The van der Waals surface area contributed by atoms with Gasteiger partial charge in [0.15, 0.2) is 0 Å². The molecule has 1 atom stereocenters. The van der Waals surface area contributed by atoms with Crippen LogP contribution in [-0.2, 0) is 10.0 Å². The minimum Gasteiger partial charge on any atom is -0.293 e. The van der Waals surface area contributed by atoms with Gasteiger partial charge in [-0.15, -0.1) is 6.58 Å². The Balaban J connectivity index is 1.85. The highest BCUT2D eigenvalue weighted by molar-refractivity contribution is 7.89. The monoisotopic (exact) mass is 338 g/mol. The molecule has 2 heterocycles. The first-order valence-corrected chi connectivity index (χ1v) is 9.54. The summed E-state index contributed by atoms with van der Waals surface area (Å²) in [6.45, 7) is 6.65. The van der Waals surface area contributed by atoms with Crippen LogP contribution in [0.25, 0.3) is 0 Å². The first kappa shape index (κ1) is 16.6. The van der Waals surface area contributed by atoms with Crippen molar-refractivity contribution in [2.75, 3.05) is 26.2 Å². The van der Waals surface area contributed by atoms with E-state index < -0.39 is 15.8 Å². The lowest BCUT2D eigenvalue weighted by Crippen LogP contribution is -2.56. The van der Waals surface area contributed by atoms with E-state index >= 15 is 0 Å². The highest BCUT2D eigenvalue weighted by atomic mass is 32.2. The van der Waals surface area contributed by atoms with Crippen molar-refractivity contribution in [3.05, 3.63) is 42.7 Å². The molecule has 1 aromatic carbocycles. The molecule has 2 fully saturated rings. The number of likely N-dealkylation sites (tertiary alicyclic amines) is 1. The summed E-state index contributed by atoms with van der Waals surface area (Å²) in [5.41, 5.74) is -0.0699. The molecule has 3 rings (SSSR count). The molecule has 2 saturated heterocycles. The summed E-state index contributed by atoms with van der Waals surface area (Å²) in [7, 11) is -3.57. The lowest BCUT2D eigenvalue weighted by atomic mass is 9.87. The molecule has 6 heteroatoms. The van der Waals surface area contributed by atoms with E-state index in [4.69, 9.17) is 0 Å². The molecule has 23 heavy (non-hydrogen) atoms. The molecule has 0 amide bonds. The van der Waals surface area contributed by atoms with Gasteiger partial charge in [-0.3, -0.25) is 4.90 Å². The maximum Gasteiger partial charge on any atom is 0.243 e. The summed E-state index contributed by atoms with van der Waals surface area (Å²) < 4.78 is 40.4. The predicted octanol–water partition coefficient (Wildman–Crippen LogP) is 2.63. The van der Waals surface area contributed by atoms with Crippen LogP contribution >= 0.6 is 0 Å². The fourth-order valence-corrected chi connectivity index (χ4v) is 5.49. The lowest BCUT2D eigenvalue weighted by molar-refractivity contribution is 0.0841. The maximum atomic E-state index is 13.1. The largest absolute Gasteiger partial charge is 0.293 e. The molecule has 126 valence electrons. The number of piperidine rings is 1. The summed E-state index contributed by atoms with van der Waals surface area (Å²) in [6, 6.07) is 5.10. The van der Waals surface area contributed by atoms with Gasteiger partial charge in [-0.1, -0.05) is 6.08 Å². The third-order valence-electron chi connectivity index (χ3n) is 5.06. The van der Waals surface area contributed by atoms with Gasteiger partial charge in [-0.2, -0.15) is 4.31 Å². The SMILES string of the molecule is C=CCN1CCC[C@]12CCCN(S(=O)(=O)c1ccc(F)cc1)C2. The molecular weight excluding hydrogens is 315 g/mol. The standard InChI is InChI=1S/C17H23FN2O2S/c1-2-11-19-12-3-9-17(19)10-4-13-20(14-17)23(21,22)16-7-5-15(18)6-8-16/h2,5-8H,1,3-4,9-14H2/t17-/m1/s1. The van der Waals surface area contributed by atoms with Gasteiger partial charge in [0.1, 0.15) is 5.82 Å². The van der Waals surface area contributed by atoms with Crippen LogP contribution in [0.3, 0.4) is 0 Å². The lowest BCUT2D eigenvalue weighted by Gasteiger charge is -2.45. The molecule has 0 saturated carbocycles. The third kappa shape index (κ3) is 3.07. The van der Waals surface area contributed by atoms with E-state index in [1.54, 1.807) is 4.31 Å². The number of rotatable bonds is 4. The van der Waals surface area contributed by atoms with Crippen LogP contribution in [-0.4, -0.2) is 49.3 Å². The highest BCUT2D eigenvalue weighted by Gasteiger charge is 2.45. The first-order chi connectivity index (χ1) is 11.0. The summed E-state index contributed by atoms with van der Waals surface area (Å²) in [5.74, 6) is -0.424. The Morgan fingerprint density at radius 3 is 2.48 bits per heavy atom. The predicted molar refractivity (Wildman–Crippen MR) is 88.1 cm³/mol. The maximum absolute atomic E-state index is 13.1. The molecule has 0 unspecified atom stereocenters. The van der Waals surface area contributed by atoms with Gasteiger partial charge in [0.2, 0.25) is 10.0 Å². The molecule has 0 bridgehead atoms. The van der Waals surface area contributed by atoms with E-state index in [9.17, 15) is 12.8 Å². The fourth-order valence-electron chi connectivity index (χ4n) is 3.93. The minimum atomic E-state index is -3.57. The summed E-state index contributed by atoms with van der Waals surface area (Å²) >= 11 is 0. The van der Waals surface area contributed by atoms with E-state index in [-0.39, 0.29) is 10.4 Å². The third-order valence-corrected chi connectivity index (χ3v) is 6.92. The van der Waals surface area contributed by atoms with Gasteiger partial charge in [-0.25, -0.2) is 12.8 Å². The van der Waals surface area contributed by atoms with Crippen molar-refractivity contribution in [2.45, 2.75) is 36.1 Å². The van der Waals surface area contributed by atoms with E-state index in [1.807, 2.05) is 6.08 Å². The molecular formula is C17H23FN2O2S. The minimum absolute atomic E-state index is 0.0699.